The van der Waals surface area contributed by atoms with E-state index in [0.717, 1.165) is 3.57 Å². The van der Waals surface area contributed by atoms with Crippen LogP contribution in [0, 0.1) is 25.0 Å². The standard InChI is InChI=1S/C19H15BrIN3O4/c1-23(2)19(25)14(10-22)6-13-8-16(20)18(17(21)9-13)28-11-12-4-3-5-15(7-12)24(26)27/h3-9H,11H2,1-2H3/b14-6-. The average molecular weight is 556 g/mol. The number of rotatable bonds is 6. The molecule has 144 valence electrons. The molecule has 1 amide bonds. The van der Waals surface area contributed by atoms with Crippen LogP contribution in [0.5, 0.6) is 5.75 Å². The van der Waals surface area contributed by atoms with Crippen molar-refractivity contribution in [1.82, 2.24) is 4.90 Å². The van der Waals surface area contributed by atoms with E-state index < -0.39 is 4.92 Å². The summed E-state index contributed by atoms with van der Waals surface area (Å²) in [5.41, 5.74) is 1.37. The number of likely N-dealkylation sites (N-methyl/N-ethyl adjacent to an activating group) is 1. The molecule has 9 heteroatoms. The van der Waals surface area contributed by atoms with Crippen LogP contribution in [-0.2, 0) is 11.4 Å². The van der Waals surface area contributed by atoms with Gasteiger partial charge in [0, 0.05) is 26.2 Å². The Hall–Kier alpha value is -2.45. The lowest BCUT2D eigenvalue weighted by Gasteiger charge is -2.12. The summed E-state index contributed by atoms with van der Waals surface area (Å²) in [5.74, 6) is 0.196. The van der Waals surface area contributed by atoms with Crippen molar-refractivity contribution >= 4 is 56.2 Å². The quantitative estimate of drug-likeness (QED) is 0.171. The molecule has 0 saturated carbocycles. The van der Waals surface area contributed by atoms with Crippen LogP contribution in [-0.4, -0.2) is 29.8 Å². The van der Waals surface area contributed by atoms with Crippen molar-refractivity contribution in [2.75, 3.05) is 14.1 Å². The first-order chi connectivity index (χ1) is 13.2. The van der Waals surface area contributed by atoms with E-state index in [-0.39, 0.29) is 23.8 Å². The van der Waals surface area contributed by atoms with Crippen LogP contribution in [0.1, 0.15) is 11.1 Å². The summed E-state index contributed by atoms with van der Waals surface area (Å²) in [7, 11) is 3.16. The summed E-state index contributed by atoms with van der Waals surface area (Å²) in [6, 6.07) is 11.7. The van der Waals surface area contributed by atoms with E-state index in [4.69, 9.17) is 4.74 Å². The Morgan fingerprint density at radius 1 is 1.39 bits per heavy atom. The fraction of sp³-hybridized carbons (Fsp3) is 0.158. The van der Waals surface area contributed by atoms with E-state index in [0.29, 0.717) is 21.3 Å². The van der Waals surface area contributed by atoms with E-state index in [2.05, 4.69) is 38.5 Å². The minimum atomic E-state index is -0.452. The molecule has 28 heavy (non-hydrogen) atoms. The molecule has 0 radical (unpaired) electrons. The SMILES string of the molecule is CN(C)C(=O)/C(C#N)=C\c1cc(Br)c(OCc2cccc([N+](=O)[O-])c2)c(I)c1. The van der Waals surface area contributed by atoms with Crippen LogP contribution in [0.2, 0.25) is 0 Å². The zero-order chi connectivity index (χ0) is 20.8. The Bertz CT molecular complexity index is 976. The first-order valence-corrected chi connectivity index (χ1v) is 9.78. The second-order valence-corrected chi connectivity index (χ2v) is 7.92. The molecule has 0 bridgehead atoms. The number of hydrogen-bond acceptors (Lipinski definition) is 5. The van der Waals surface area contributed by atoms with Crippen molar-refractivity contribution in [3.8, 4) is 11.8 Å². The Balaban J connectivity index is 2.25. The van der Waals surface area contributed by atoms with Gasteiger partial charge in [0.1, 0.15) is 24.0 Å². The highest BCUT2D eigenvalue weighted by molar-refractivity contribution is 14.1. The smallest absolute Gasteiger partial charge is 0.269 e. The van der Waals surface area contributed by atoms with E-state index >= 15 is 0 Å². The van der Waals surface area contributed by atoms with Crippen LogP contribution in [0.15, 0.2) is 46.4 Å². The summed E-state index contributed by atoms with van der Waals surface area (Å²) in [6.07, 6.45) is 1.51. The molecule has 0 aliphatic rings. The number of nitro benzene ring substituents is 1. The normalized spacial score (nSPS) is 10.9. The zero-order valence-corrected chi connectivity index (χ0v) is 18.7. The predicted octanol–water partition coefficient (Wildman–Crippen LogP) is 4.54. The molecule has 0 aliphatic heterocycles. The maximum Gasteiger partial charge on any atom is 0.269 e. The molecule has 0 N–H and O–H groups in total. The maximum atomic E-state index is 12.0. The fourth-order valence-electron chi connectivity index (χ4n) is 2.27. The topological polar surface area (TPSA) is 96.5 Å². The molecule has 0 atom stereocenters. The van der Waals surface area contributed by atoms with Gasteiger partial charge in [0.2, 0.25) is 0 Å². The molecule has 0 fully saturated rings. The third-order valence-corrected chi connectivity index (χ3v) is 4.98. The number of non-ortho nitro benzene ring substituents is 1. The van der Waals surface area contributed by atoms with Gasteiger partial charge in [0.05, 0.1) is 13.0 Å². The number of carbonyl (C=O) groups is 1. The highest BCUT2D eigenvalue weighted by Gasteiger charge is 2.14. The predicted molar refractivity (Wildman–Crippen MR) is 117 cm³/mol. The Labute approximate surface area is 184 Å². The minimum absolute atomic E-state index is 0.00457. The number of nitro groups is 1. The molecule has 0 aliphatic carbocycles. The van der Waals surface area contributed by atoms with Gasteiger partial charge in [0.25, 0.3) is 11.6 Å². The fourth-order valence-corrected chi connectivity index (χ4v) is 4.03. The van der Waals surface area contributed by atoms with Crippen LogP contribution in [0.25, 0.3) is 6.08 Å². The Morgan fingerprint density at radius 3 is 2.68 bits per heavy atom. The van der Waals surface area contributed by atoms with E-state index in [9.17, 15) is 20.2 Å². The number of ether oxygens (including phenoxy) is 1. The lowest BCUT2D eigenvalue weighted by molar-refractivity contribution is -0.384. The van der Waals surface area contributed by atoms with Crippen molar-refractivity contribution in [3.63, 3.8) is 0 Å². The van der Waals surface area contributed by atoms with Gasteiger partial charge in [-0.05, 0) is 67.9 Å². The lowest BCUT2D eigenvalue weighted by atomic mass is 10.1. The molecule has 0 spiro atoms. The number of nitriles is 1. The van der Waals surface area contributed by atoms with Gasteiger partial charge < -0.3 is 9.64 Å². The number of carbonyl (C=O) groups excluding carboxylic acids is 1. The highest BCUT2D eigenvalue weighted by Crippen LogP contribution is 2.33. The Morgan fingerprint density at radius 2 is 2.11 bits per heavy atom. The van der Waals surface area contributed by atoms with Gasteiger partial charge >= 0.3 is 0 Å². The van der Waals surface area contributed by atoms with E-state index in [1.165, 1.54) is 23.1 Å². The second kappa shape index (κ2) is 9.66. The summed E-state index contributed by atoms with van der Waals surface area (Å²) in [6.45, 7) is 0.161. The van der Waals surface area contributed by atoms with Crippen molar-refractivity contribution in [3.05, 3.63) is 71.3 Å². The molecule has 0 saturated heterocycles. The third kappa shape index (κ3) is 5.53. The van der Waals surface area contributed by atoms with Crippen LogP contribution < -0.4 is 4.74 Å². The van der Waals surface area contributed by atoms with Crippen molar-refractivity contribution in [2.24, 2.45) is 0 Å². The van der Waals surface area contributed by atoms with Crippen molar-refractivity contribution in [1.29, 1.82) is 5.26 Å². The number of benzene rings is 2. The second-order valence-electron chi connectivity index (χ2n) is 5.90. The zero-order valence-electron chi connectivity index (χ0n) is 15.0. The average Bonchev–Trinajstić information content (AvgIpc) is 2.65. The molecule has 7 nitrogen and oxygen atoms in total. The van der Waals surface area contributed by atoms with Gasteiger partial charge in [-0.25, -0.2) is 0 Å². The molecule has 0 unspecified atom stereocenters. The highest BCUT2D eigenvalue weighted by atomic mass is 127. The summed E-state index contributed by atoms with van der Waals surface area (Å²) in [5, 5.41) is 20.1. The number of hydrogen-bond donors (Lipinski definition) is 0. The van der Waals surface area contributed by atoms with Gasteiger partial charge in [-0.2, -0.15) is 5.26 Å². The van der Waals surface area contributed by atoms with Gasteiger partial charge in [-0.1, -0.05) is 12.1 Å². The van der Waals surface area contributed by atoms with Crippen molar-refractivity contribution < 1.29 is 14.5 Å². The molecular formula is C19H15BrIN3O4. The van der Waals surface area contributed by atoms with Crippen LogP contribution in [0.4, 0.5) is 5.69 Å². The largest absolute Gasteiger partial charge is 0.487 e. The summed E-state index contributed by atoms with van der Waals surface area (Å²) in [4.78, 5) is 23.8. The van der Waals surface area contributed by atoms with E-state index in [1.54, 1.807) is 38.4 Å². The minimum Gasteiger partial charge on any atom is -0.487 e. The molecule has 0 heterocycles. The molecule has 2 aromatic rings. The molecular weight excluding hydrogens is 541 g/mol. The van der Waals surface area contributed by atoms with Crippen LogP contribution >= 0.6 is 38.5 Å². The van der Waals surface area contributed by atoms with Gasteiger partial charge in [0.15, 0.2) is 0 Å². The first kappa shape index (κ1) is 21.8. The van der Waals surface area contributed by atoms with Crippen LogP contribution in [0.3, 0.4) is 0 Å². The van der Waals surface area contributed by atoms with Gasteiger partial charge in [-0.15, -0.1) is 0 Å². The molecule has 0 aromatic heterocycles. The first-order valence-electron chi connectivity index (χ1n) is 7.91. The molecule has 2 aromatic carbocycles. The monoisotopic (exact) mass is 555 g/mol. The number of halogens is 2. The molecule has 2 rings (SSSR count). The van der Waals surface area contributed by atoms with Crippen molar-refractivity contribution in [2.45, 2.75) is 6.61 Å². The number of nitrogens with zero attached hydrogens (tertiary/aromatic N) is 3. The lowest BCUT2D eigenvalue weighted by Crippen LogP contribution is -2.22. The van der Waals surface area contributed by atoms with E-state index in [1.807, 2.05) is 6.07 Å². The number of amides is 1. The summed E-state index contributed by atoms with van der Waals surface area (Å²) < 4.78 is 7.23. The third-order valence-electron chi connectivity index (χ3n) is 3.59. The Kier molecular flexibility index (Phi) is 7.53. The van der Waals surface area contributed by atoms with Gasteiger partial charge in [-0.3, -0.25) is 14.9 Å². The summed E-state index contributed by atoms with van der Waals surface area (Å²) >= 11 is 5.53. The maximum absolute atomic E-state index is 12.0.